The number of rotatable bonds is 4. The Morgan fingerprint density at radius 1 is 0.680 bits per heavy atom. The van der Waals surface area contributed by atoms with Crippen LogP contribution in [0.15, 0.2) is 91.0 Å². The summed E-state index contributed by atoms with van der Waals surface area (Å²) < 4.78 is 0. The molecule has 0 aliphatic carbocycles. The summed E-state index contributed by atoms with van der Waals surface area (Å²) >= 11 is 0. The van der Waals surface area contributed by atoms with Crippen molar-refractivity contribution in [2.24, 2.45) is 0 Å². The van der Waals surface area contributed by atoms with Crippen LogP contribution < -0.4 is 4.90 Å². The fourth-order valence-electron chi connectivity index (χ4n) is 2.64. The summed E-state index contributed by atoms with van der Waals surface area (Å²) in [5, 5.41) is 17.9. The van der Waals surface area contributed by atoms with E-state index in [2.05, 4.69) is 35.2 Å². The van der Waals surface area contributed by atoms with E-state index >= 15 is 0 Å². The third-order valence-electron chi connectivity index (χ3n) is 3.79. The lowest BCUT2D eigenvalue weighted by atomic mass is 10.1. The fourth-order valence-corrected chi connectivity index (χ4v) is 2.64. The van der Waals surface area contributed by atoms with Gasteiger partial charge in [0, 0.05) is 23.1 Å². The van der Waals surface area contributed by atoms with Gasteiger partial charge in [-0.2, -0.15) is 10.5 Å². The Balaban J connectivity index is 2.05. The Hall–Kier alpha value is -3.82. The highest BCUT2D eigenvalue weighted by atomic mass is 15.1. The van der Waals surface area contributed by atoms with Crippen LogP contribution in [0, 0.1) is 22.7 Å². The van der Waals surface area contributed by atoms with Gasteiger partial charge in [-0.25, -0.2) is 0 Å². The monoisotopic (exact) mass is 321 g/mol. The van der Waals surface area contributed by atoms with Gasteiger partial charge in [0.15, 0.2) is 0 Å². The molecule has 0 aromatic heterocycles. The van der Waals surface area contributed by atoms with Crippen molar-refractivity contribution in [1.82, 2.24) is 0 Å². The molecule has 0 aliphatic heterocycles. The normalized spacial score (nSPS) is 10.6. The predicted molar refractivity (Wildman–Crippen MR) is 100 cm³/mol. The number of nitriles is 2. The molecule has 3 heteroatoms. The Bertz CT molecular complexity index is 905. The Kier molecular flexibility index (Phi) is 4.90. The highest BCUT2D eigenvalue weighted by molar-refractivity contribution is 5.81. The molecule has 3 aromatic rings. The zero-order valence-corrected chi connectivity index (χ0v) is 13.5. The molecule has 0 saturated carbocycles. The molecule has 3 nitrogen and oxygen atoms in total. The summed E-state index contributed by atoms with van der Waals surface area (Å²) in [6.45, 7) is 0. The quantitative estimate of drug-likeness (QED) is 0.589. The third kappa shape index (κ3) is 3.58. The minimum atomic E-state index is 0.361. The average molecular weight is 321 g/mol. The van der Waals surface area contributed by atoms with E-state index in [1.807, 2.05) is 66.7 Å². The molecule has 0 unspecified atom stereocenters. The first-order valence-corrected chi connectivity index (χ1v) is 7.84. The van der Waals surface area contributed by atoms with Crippen LogP contribution in [0.5, 0.6) is 0 Å². The van der Waals surface area contributed by atoms with Gasteiger partial charge in [0.2, 0.25) is 0 Å². The number of nitrogens with zero attached hydrogens (tertiary/aromatic N) is 3. The molecule has 3 rings (SSSR count). The van der Waals surface area contributed by atoms with Gasteiger partial charge in [-0.3, -0.25) is 0 Å². The molecule has 0 N–H and O–H groups in total. The number of anilines is 3. The van der Waals surface area contributed by atoms with Crippen LogP contribution in [0.4, 0.5) is 17.1 Å². The number of allylic oxidation sites excluding steroid dienone is 2. The second-order valence-electron chi connectivity index (χ2n) is 5.35. The highest BCUT2D eigenvalue weighted by Gasteiger charge is 2.12. The lowest BCUT2D eigenvalue weighted by Crippen LogP contribution is -2.09. The number of para-hydroxylation sites is 2. The molecule has 3 aromatic carbocycles. The van der Waals surface area contributed by atoms with Gasteiger partial charge in [-0.15, -0.1) is 0 Å². The van der Waals surface area contributed by atoms with E-state index < -0.39 is 0 Å². The molecule has 0 radical (unpaired) electrons. The number of benzene rings is 3. The van der Waals surface area contributed by atoms with Crippen LogP contribution in [0.2, 0.25) is 0 Å². The van der Waals surface area contributed by atoms with Gasteiger partial charge in [-0.05, 0) is 42.0 Å². The van der Waals surface area contributed by atoms with Crippen molar-refractivity contribution < 1.29 is 0 Å². The van der Waals surface area contributed by atoms with E-state index in [4.69, 9.17) is 10.5 Å². The van der Waals surface area contributed by atoms with Gasteiger partial charge >= 0.3 is 0 Å². The molecule has 0 aliphatic rings. The van der Waals surface area contributed by atoms with E-state index in [1.54, 1.807) is 0 Å². The van der Waals surface area contributed by atoms with Crippen molar-refractivity contribution in [3.63, 3.8) is 0 Å². The van der Waals surface area contributed by atoms with E-state index in [-0.39, 0.29) is 0 Å². The number of hydrogen-bond donors (Lipinski definition) is 0. The minimum absolute atomic E-state index is 0.361. The standard InChI is InChI=1S/C22H15N3/c23-16-15-19(17-24)18-11-13-22(14-12-18)25(20-7-3-1-4-8-20)21-9-5-2-6-10-21/h1-15H/b19-15-. The minimum Gasteiger partial charge on any atom is -0.311 e. The van der Waals surface area contributed by atoms with Crippen LogP contribution in [0.25, 0.3) is 5.57 Å². The molecule has 0 bridgehead atoms. The summed E-state index contributed by atoms with van der Waals surface area (Å²) in [7, 11) is 0. The molecule has 0 saturated heterocycles. The Morgan fingerprint density at radius 3 is 1.60 bits per heavy atom. The first-order chi connectivity index (χ1) is 12.3. The molecule has 118 valence electrons. The average Bonchev–Trinajstić information content (AvgIpc) is 2.69. The molecule has 0 heterocycles. The van der Waals surface area contributed by atoms with E-state index in [0.29, 0.717) is 5.57 Å². The van der Waals surface area contributed by atoms with Gasteiger partial charge in [-0.1, -0.05) is 48.5 Å². The lowest BCUT2D eigenvalue weighted by molar-refractivity contribution is 1.28. The molecule has 0 fully saturated rings. The largest absolute Gasteiger partial charge is 0.311 e. The van der Waals surface area contributed by atoms with Crippen molar-refractivity contribution >= 4 is 22.6 Å². The molecule has 0 amide bonds. The zero-order valence-electron chi connectivity index (χ0n) is 13.5. The van der Waals surface area contributed by atoms with Crippen LogP contribution >= 0.6 is 0 Å². The van der Waals surface area contributed by atoms with Crippen LogP contribution in [0.1, 0.15) is 5.56 Å². The van der Waals surface area contributed by atoms with Crippen LogP contribution in [-0.2, 0) is 0 Å². The topological polar surface area (TPSA) is 50.8 Å². The second kappa shape index (κ2) is 7.64. The summed E-state index contributed by atoms with van der Waals surface area (Å²) in [5.41, 5.74) is 4.17. The second-order valence-corrected chi connectivity index (χ2v) is 5.35. The SMILES string of the molecule is N#C/C=C(/C#N)c1ccc(N(c2ccccc2)c2ccccc2)cc1. The van der Waals surface area contributed by atoms with Crippen LogP contribution in [0.3, 0.4) is 0 Å². The maximum absolute atomic E-state index is 9.17. The first kappa shape index (κ1) is 16.1. The Labute approximate surface area is 147 Å². The maximum Gasteiger partial charge on any atom is 0.101 e. The van der Waals surface area contributed by atoms with Crippen molar-refractivity contribution in [2.45, 2.75) is 0 Å². The molecule has 0 spiro atoms. The first-order valence-electron chi connectivity index (χ1n) is 7.84. The van der Waals surface area contributed by atoms with Gasteiger partial charge in [0.05, 0.1) is 11.6 Å². The molecule has 25 heavy (non-hydrogen) atoms. The van der Waals surface area contributed by atoms with Gasteiger partial charge in [0.1, 0.15) is 6.07 Å². The van der Waals surface area contributed by atoms with E-state index in [9.17, 15) is 0 Å². The van der Waals surface area contributed by atoms with Crippen molar-refractivity contribution in [2.75, 3.05) is 4.90 Å². The lowest BCUT2D eigenvalue weighted by Gasteiger charge is -2.25. The van der Waals surface area contributed by atoms with Gasteiger partial charge < -0.3 is 4.90 Å². The molecular formula is C22H15N3. The van der Waals surface area contributed by atoms with Crippen molar-refractivity contribution in [1.29, 1.82) is 10.5 Å². The molecular weight excluding hydrogens is 306 g/mol. The summed E-state index contributed by atoms with van der Waals surface area (Å²) in [6.07, 6.45) is 1.27. The maximum atomic E-state index is 9.17. The van der Waals surface area contributed by atoms with Gasteiger partial charge in [0.25, 0.3) is 0 Å². The third-order valence-corrected chi connectivity index (χ3v) is 3.79. The van der Waals surface area contributed by atoms with E-state index in [0.717, 1.165) is 22.6 Å². The summed E-state index contributed by atoms with van der Waals surface area (Å²) in [6, 6.07) is 31.8. The summed E-state index contributed by atoms with van der Waals surface area (Å²) in [5.74, 6) is 0. The van der Waals surface area contributed by atoms with Crippen molar-refractivity contribution in [3.8, 4) is 12.1 Å². The highest BCUT2D eigenvalue weighted by Crippen LogP contribution is 2.34. The van der Waals surface area contributed by atoms with E-state index in [1.165, 1.54) is 6.08 Å². The smallest absolute Gasteiger partial charge is 0.101 e. The molecule has 0 atom stereocenters. The predicted octanol–water partition coefficient (Wildman–Crippen LogP) is 5.59. The fraction of sp³-hybridized carbons (Fsp3) is 0. The zero-order chi connectivity index (χ0) is 17.5. The summed E-state index contributed by atoms with van der Waals surface area (Å²) in [4.78, 5) is 2.14. The number of hydrogen-bond acceptors (Lipinski definition) is 3. The van der Waals surface area contributed by atoms with Crippen LogP contribution in [-0.4, -0.2) is 0 Å². The Morgan fingerprint density at radius 2 is 1.16 bits per heavy atom. The van der Waals surface area contributed by atoms with Crippen molar-refractivity contribution in [3.05, 3.63) is 96.6 Å².